The number of anilines is 1. The lowest BCUT2D eigenvalue weighted by atomic mass is 9.95. The van der Waals surface area contributed by atoms with Gasteiger partial charge >= 0.3 is 0 Å². The Morgan fingerprint density at radius 2 is 1.74 bits per heavy atom. The number of nitrogens with one attached hydrogen (secondary N) is 2. The molecule has 0 saturated carbocycles. The zero-order valence-electron chi connectivity index (χ0n) is 14.2. The largest absolute Gasteiger partial charge is 0.326 e. The fraction of sp³-hybridized carbons (Fsp3) is 0.588. The first-order chi connectivity index (χ1) is 10.1. The first-order valence-electron chi connectivity index (χ1n) is 7.88. The fourth-order valence-corrected chi connectivity index (χ4v) is 2.93. The molecule has 2 N–H and O–H groups in total. The maximum Gasteiger partial charge on any atom is 0.221 e. The van der Waals surface area contributed by atoms with E-state index in [4.69, 9.17) is 0 Å². The van der Waals surface area contributed by atoms with Crippen LogP contribution in [-0.4, -0.2) is 37.0 Å². The summed E-state index contributed by atoms with van der Waals surface area (Å²) in [6.45, 7) is 10.4. The van der Waals surface area contributed by atoms with Crippen LogP contribution in [0, 0.1) is 5.92 Å². The minimum atomic E-state index is -0.0245. The summed E-state index contributed by atoms with van der Waals surface area (Å²) in [4.78, 5) is 13.7. The highest BCUT2D eigenvalue weighted by Crippen LogP contribution is 2.29. The Bertz CT molecular complexity index is 459. The van der Waals surface area contributed by atoms with E-state index in [-0.39, 0.29) is 30.7 Å². The Morgan fingerprint density at radius 3 is 2.22 bits per heavy atom. The molecule has 0 spiro atoms. The van der Waals surface area contributed by atoms with E-state index < -0.39 is 0 Å². The Hall–Kier alpha value is -0.810. The molecule has 23 heavy (non-hydrogen) atoms. The highest BCUT2D eigenvalue weighted by Gasteiger charge is 2.22. The molecular formula is C17H29Cl2N3O. The Balaban J connectivity index is 0.00000242. The standard InChI is InChI=1S/C17H27N3O.2ClH/c1-13(2)12-17(20-10-8-18-9-11-20)15-4-6-16(7-5-15)19-14(3)21;;/h4-7,13,17-18H,8-12H2,1-3H3,(H,19,21);2*1H/t17-;;/m0../s1. The predicted molar refractivity (Wildman–Crippen MR) is 102 cm³/mol. The van der Waals surface area contributed by atoms with Crippen LogP contribution in [-0.2, 0) is 4.79 Å². The Kier molecular flexibility index (Phi) is 10.5. The normalized spacial score (nSPS) is 16.2. The van der Waals surface area contributed by atoms with Crippen LogP contribution in [0.4, 0.5) is 5.69 Å². The van der Waals surface area contributed by atoms with Crippen LogP contribution >= 0.6 is 24.8 Å². The number of carbonyl (C=O) groups excluding carboxylic acids is 1. The van der Waals surface area contributed by atoms with Gasteiger partial charge in [-0.3, -0.25) is 9.69 Å². The molecule has 0 radical (unpaired) electrons. The van der Waals surface area contributed by atoms with Gasteiger partial charge in [0, 0.05) is 44.8 Å². The van der Waals surface area contributed by atoms with Gasteiger partial charge in [0.2, 0.25) is 5.91 Å². The van der Waals surface area contributed by atoms with Crippen molar-refractivity contribution in [3.63, 3.8) is 0 Å². The van der Waals surface area contributed by atoms with E-state index in [1.54, 1.807) is 0 Å². The van der Waals surface area contributed by atoms with E-state index in [0.29, 0.717) is 12.0 Å². The van der Waals surface area contributed by atoms with E-state index in [1.165, 1.54) is 18.9 Å². The van der Waals surface area contributed by atoms with E-state index in [2.05, 4.69) is 41.5 Å². The summed E-state index contributed by atoms with van der Waals surface area (Å²) in [6, 6.07) is 8.79. The van der Waals surface area contributed by atoms with Gasteiger partial charge in [-0.2, -0.15) is 0 Å². The van der Waals surface area contributed by atoms with Gasteiger partial charge in [-0.1, -0.05) is 26.0 Å². The second-order valence-corrected chi connectivity index (χ2v) is 6.23. The molecule has 1 aliphatic heterocycles. The first kappa shape index (κ1) is 22.2. The summed E-state index contributed by atoms with van der Waals surface area (Å²) in [5.41, 5.74) is 2.22. The average Bonchev–Trinajstić information content (AvgIpc) is 2.46. The molecule has 0 unspecified atom stereocenters. The third kappa shape index (κ3) is 7.08. The van der Waals surface area contributed by atoms with Crippen LogP contribution in [0.5, 0.6) is 0 Å². The quantitative estimate of drug-likeness (QED) is 0.843. The fourth-order valence-electron chi connectivity index (χ4n) is 2.93. The number of halogens is 2. The summed E-state index contributed by atoms with van der Waals surface area (Å²) < 4.78 is 0. The van der Waals surface area contributed by atoms with Crippen molar-refractivity contribution >= 4 is 36.4 Å². The van der Waals surface area contributed by atoms with E-state index in [1.807, 2.05) is 12.1 Å². The van der Waals surface area contributed by atoms with Gasteiger partial charge in [-0.15, -0.1) is 24.8 Å². The molecule has 1 atom stereocenters. The van der Waals surface area contributed by atoms with Gasteiger partial charge in [0.1, 0.15) is 0 Å². The van der Waals surface area contributed by atoms with Crippen molar-refractivity contribution in [1.29, 1.82) is 0 Å². The van der Waals surface area contributed by atoms with Crippen molar-refractivity contribution in [2.24, 2.45) is 5.92 Å². The Morgan fingerprint density at radius 1 is 1.17 bits per heavy atom. The molecule has 1 fully saturated rings. The van der Waals surface area contributed by atoms with Crippen LogP contribution in [0.1, 0.15) is 38.8 Å². The molecule has 1 heterocycles. The van der Waals surface area contributed by atoms with Crippen LogP contribution < -0.4 is 10.6 Å². The lowest BCUT2D eigenvalue weighted by Crippen LogP contribution is -2.45. The molecule has 1 aliphatic rings. The van der Waals surface area contributed by atoms with Gasteiger partial charge in [-0.05, 0) is 30.0 Å². The number of benzene rings is 1. The molecular weight excluding hydrogens is 333 g/mol. The van der Waals surface area contributed by atoms with E-state index >= 15 is 0 Å². The highest BCUT2D eigenvalue weighted by molar-refractivity contribution is 5.88. The van der Waals surface area contributed by atoms with Crippen molar-refractivity contribution in [1.82, 2.24) is 10.2 Å². The monoisotopic (exact) mass is 361 g/mol. The number of amides is 1. The first-order valence-corrected chi connectivity index (χ1v) is 7.88. The molecule has 6 heteroatoms. The Labute approximate surface area is 152 Å². The summed E-state index contributed by atoms with van der Waals surface area (Å²) >= 11 is 0. The molecule has 132 valence electrons. The molecule has 0 aromatic heterocycles. The number of rotatable bonds is 5. The number of nitrogens with zero attached hydrogens (tertiary/aromatic N) is 1. The predicted octanol–water partition coefficient (Wildman–Crippen LogP) is 3.48. The van der Waals surface area contributed by atoms with Gasteiger partial charge in [0.05, 0.1) is 0 Å². The van der Waals surface area contributed by atoms with Crippen LogP contribution in [0.15, 0.2) is 24.3 Å². The zero-order chi connectivity index (χ0) is 15.2. The highest BCUT2D eigenvalue weighted by atomic mass is 35.5. The number of hydrogen-bond donors (Lipinski definition) is 2. The molecule has 0 aliphatic carbocycles. The number of carbonyl (C=O) groups is 1. The molecule has 1 aromatic rings. The average molecular weight is 362 g/mol. The van der Waals surface area contributed by atoms with Crippen molar-refractivity contribution < 1.29 is 4.79 Å². The van der Waals surface area contributed by atoms with Gasteiger partial charge in [0.15, 0.2) is 0 Å². The SMILES string of the molecule is CC(=O)Nc1ccc([C@H](CC(C)C)N2CCNCC2)cc1.Cl.Cl. The van der Waals surface area contributed by atoms with Gasteiger partial charge in [-0.25, -0.2) is 0 Å². The van der Waals surface area contributed by atoms with E-state index in [0.717, 1.165) is 31.9 Å². The second kappa shape index (κ2) is 10.9. The third-order valence-corrected chi connectivity index (χ3v) is 3.90. The smallest absolute Gasteiger partial charge is 0.221 e. The van der Waals surface area contributed by atoms with Crippen molar-refractivity contribution in [3.8, 4) is 0 Å². The third-order valence-electron chi connectivity index (χ3n) is 3.90. The number of hydrogen-bond acceptors (Lipinski definition) is 3. The van der Waals surface area contributed by atoms with Gasteiger partial charge < -0.3 is 10.6 Å². The second-order valence-electron chi connectivity index (χ2n) is 6.23. The van der Waals surface area contributed by atoms with Crippen molar-refractivity contribution in [2.75, 3.05) is 31.5 Å². The molecule has 4 nitrogen and oxygen atoms in total. The van der Waals surface area contributed by atoms with Crippen LogP contribution in [0.25, 0.3) is 0 Å². The zero-order valence-corrected chi connectivity index (χ0v) is 15.8. The van der Waals surface area contributed by atoms with E-state index in [9.17, 15) is 4.79 Å². The summed E-state index contributed by atoms with van der Waals surface area (Å²) in [5, 5.41) is 6.24. The molecule has 2 rings (SSSR count). The molecule has 1 saturated heterocycles. The molecule has 1 amide bonds. The summed E-state index contributed by atoms with van der Waals surface area (Å²) in [7, 11) is 0. The maximum atomic E-state index is 11.1. The lowest BCUT2D eigenvalue weighted by molar-refractivity contribution is -0.114. The molecule has 1 aromatic carbocycles. The van der Waals surface area contributed by atoms with Crippen LogP contribution in [0.2, 0.25) is 0 Å². The van der Waals surface area contributed by atoms with Crippen LogP contribution in [0.3, 0.4) is 0 Å². The summed E-state index contributed by atoms with van der Waals surface area (Å²) in [5.74, 6) is 0.642. The summed E-state index contributed by atoms with van der Waals surface area (Å²) in [6.07, 6.45) is 1.17. The van der Waals surface area contributed by atoms with Crippen molar-refractivity contribution in [2.45, 2.75) is 33.2 Å². The maximum absolute atomic E-state index is 11.1. The minimum Gasteiger partial charge on any atom is -0.326 e. The van der Waals surface area contributed by atoms with Gasteiger partial charge in [0.25, 0.3) is 0 Å². The van der Waals surface area contributed by atoms with Crippen molar-refractivity contribution in [3.05, 3.63) is 29.8 Å². The minimum absolute atomic E-state index is 0. The topological polar surface area (TPSA) is 44.4 Å². The lowest BCUT2D eigenvalue weighted by Gasteiger charge is -2.36. The molecule has 0 bridgehead atoms. The number of piperazine rings is 1.